The van der Waals surface area contributed by atoms with Crippen molar-refractivity contribution in [3.05, 3.63) is 12.7 Å². The van der Waals surface area contributed by atoms with Crippen LogP contribution in [0.3, 0.4) is 0 Å². The molecule has 1 saturated heterocycles. The van der Waals surface area contributed by atoms with E-state index in [-0.39, 0.29) is 0 Å². The Hall–Kier alpha value is -0.340. The molecule has 2 nitrogen and oxygen atoms in total. The molecule has 0 bridgehead atoms. The smallest absolute Gasteiger partial charge is 0.0587 e. The molecule has 1 fully saturated rings. The van der Waals surface area contributed by atoms with Crippen LogP contribution in [0.15, 0.2) is 12.7 Å². The van der Waals surface area contributed by atoms with Crippen LogP contribution in [0.2, 0.25) is 0 Å². The fraction of sp³-hybridized carbons (Fsp3) is 0.818. The van der Waals surface area contributed by atoms with E-state index in [9.17, 15) is 0 Å². The van der Waals surface area contributed by atoms with Crippen molar-refractivity contribution in [2.24, 2.45) is 0 Å². The first-order chi connectivity index (χ1) is 6.43. The third-order valence-electron chi connectivity index (χ3n) is 2.43. The van der Waals surface area contributed by atoms with Gasteiger partial charge in [-0.3, -0.25) is 0 Å². The highest BCUT2D eigenvalue weighted by Gasteiger charge is 2.11. The second kappa shape index (κ2) is 7.10. The Morgan fingerprint density at radius 3 is 3.15 bits per heavy atom. The van der Waals surface area contributed by atoms with Crippen molar-refractivity contribution in [3.63, 3.8) is 0 Å². The minimum atomic E-state index is 0.500. The third-order valence-corrected chi connectivity index (χ3v) is 2.43. The number of unbranched alkanes of at least 4 members (excludes halogenated alkanes) is 1. The lowest BCUT2D eigenvalue weighted by molar-refractivity contribution is 0.0443. The van der Waals surface area contributed by atoms with Crippen molar-refractivity contribution in [1.29, 1.82) is 0 Å². The highest BCUT2D eigenvalue weighted by Crippen LogP contribution is 2.09. The van der Waals surface area contributed by atoms with Crippen LogP contribution in [0.5, 0.6) is 0 Å². The summed E-state index contributed by atoms with van der Waals surface area (Å²) in [6.45, 7) is 6.87. The highest BCUT2D eigenvalue weighted by molar-refractivity contribution is 4.68. The molecule has 0 aromatic rings. The molecule has 13 heavy (non-hydrogen) atoms. The first-order valence-corrected chi connectivity index (χ1v) is 5.36. The summed E-state index contributed by atoms with van der Waals surface area (Å²) in [4.78, 5) is 0. The summed E-state index contributed by atoms with van der Waals surface area (Å²) in [6.07, 6.45) is 8.30. The van der Waals surface area contributed by atoms with E-state index in [1.165, 1.54) is 19.3 Å². The van der Waals surface area contributed by atoms with Crippen molar-refractivity contribution in [1.82, 2.24) is 5.32 Å². The van der Waals surface area contributed by atoms with Crippen LogP contribution in [0.4, 0.5) is 0 Å². The molecule has 1 N–H and O–H groups in total. The van der Waals surface area contributed by atoms with E-state index in [1.54, 1.807) is 0 Å². The zero-order valence-corrected chi connectivity index (χ0v) is 8.43. The van der Waals surface area contributed by atoms with Crippen molar-refractivity contribution in [3.8, 4) is 0 Å². The van der Waals surface area contributed by atoms with Crippen molar-refractivity contribution in [2.45, 2.75) is 38.2 Å². The van der Waals surface area contributed by atoms with Crippen LogP contribution < -0.4 is 5.32 Å². The van der Waals surface area contributed by atoms with Crippen LogP contribution in [-0.2, 0) is 4.74 Å². The van der Waals surface area contributed by atoms with Crippen molar-refractivity contribution >= 4 is 0 Å². The van der Waals surface area contributed by atoms with Crippen molar-refractivity contribution in [2.75, 3.05) is 19.7 Å². The van der Waals surface area contributed by atoms with Crippen LogP contribution in [0.1, 0.15) is 32.1 Å². The van der Waals surface area contributed by atoms with Gasteiger partial charge in [-0.1, -0.05) is 6.08 Å². The average molecular weight is 183 g/mol. The topological polar surface area (TPSA) is 21.3 Å². The molecule has 0 aliphatic carbocycles. The standard InChI is InChI=1S/C11H21NO/c1-2-3-4-10-13-11-6-5-8-12-9-7-11/h2,11-12H,1,3-10H2. The lowest BCUT2D eigenvalue weighted by Gasteiger charge is -2.14. The molecule has 0 spiro atoms. The number of allylic oxidation sites excluding steroid dienone is 1. The van der Waals surface area contributed by atoms with Gasteiger partial charge in [-0.05, 0) is 45.2 Å². The van der Waals surface area contributed by atoms with Gasteiger partial charge in [-0.2, -0.15) is 0 Å². The Morgan fingerprint density at radius 1 is 1.38 bits per heavy atom. The molecule has 76 valence electrons. The number of nitrogens with one attached hydrogen (secondary N) is 1. The molecule has 1 aliphatic rings. The van der Waals surface area contributed by atoms with Gasteiger partial charge in [0.1, 0.15) is 0 Å². The van der Waals surface area contributed by atoms with E-state index in [0.717, 1.165) is 32.5 Å². The number of ether oxygens (including phenoxy) is 1. The van der Waals surface area contributed by atoms with Gasteiger partial charge in [0.15, 0.2) is 0 Å². The second-order valence-electron chi connectivity index (χ2n) is 3.60. The monoisotopic (exact) mass is 183 g/mol. The molecule has 2 heteroatoms. The van der Waals surface area contributed by atoms with Gasteiger partial charge < -0.3 is 10.1 Å². The van der Waals surface area contributed by atoms with E-state index in [1.807, 2.05) is 6.08 Å². The molecule has 1 unspecified atom stereocenters. The molecular formula is C11H21NO. The average Bonchev–Trinajstić information content (AvgIpc) is 2.41. The fourth-order valence-electron chi connectivity index (χ4n) is 1.63. The van der Waals surface area contributed by atoms with Crippen LogP contribution in [0.25, 0.3) is 0 Å². The summed E-state index contributed by atoms with van der Waals surface area (Å²) >= 11 is 0. The minimum absolute atomic E-state index is 0.500. The fourth-order valence-corrected chi connectivity index (χ4v) is 1.63. The van der Waals surface area contributed by atoms with Crippen molar-refractivity contribution < 1.29 is 4.74 Å². The molecule has 0 amide bonds. The summed E-state index contributed by atoms with van der Waals surface area (Å²) in [5.74, 6) is 0. The van der Waals surface area contributed by atoms with Gasteiger partial charge in [-0.15, -0.1) is 6.58 Å². The van der Waals surface area contributed by atoms with Crippen LogP contribution in [0, 0.1) is 0 Å². The molecule has 1 aliphatic heterocycles. The van der Waals surface area contributed by atoms with E-state index in [4.69, 9.17) is 4.74 Å². The van der Waals surface area contributed by atoms with E-state index >= 15 is 0 Å². The van der Waals surface area contributed by atoms with Crippen LogP contribution in [-0.4, -0.2) is 25.8 Å². The molecule has 0 aromatic heterocycles. The van der Waals surface area contributed by atoms with E-state index in [2.05, 4.69) is 11.9 Å². The van der Waals surface area contributed by atoms with Gasteiger partial charge in [-0.25, -0.2) is 0 Å². The molecule has 0 aromatic carbocycles. The summed E-state index contributed by atoms with van der Waals surface area (Å²) in [7, 11) is 0. The first-order valence-electron chi connectivity index (χ1n) is 5.36. The molecule has 0 radical (unpaired) electrons. The number of hydrogen-bond acceptors (Lipinski definition) is 2. The molecular weight excluding hydrogens is 162 g/mol. The zero-order chi connectivity index (χ0) is 9.36. The maximum absolute atomic E-state index is 5.78. The maximum atomic E-state index is 5.78. The molecule has 1 heterocycles. The summed E-state index contributed by atoms with van der Waals surface area (Å²) < 4.78 is 5.78. The normalized spacial score (nSPS) is 23.8. The Morgan fingerprint density at radius 2 is 2.31 bits per heavy atom. The Labute approximate surface area is 81.4 Å². The largest absolute Gasteiger partial charge is 0.378 e. The molecule has 1 atom stereocenters. The van der Waals surface area contributed by atoms with Gasteiger partial charge >= 0.3 is 0 Å². The van der Waals surface area contributed by atoms with Gasteiger partial charge in [0.2, 0.25) is 0 Å². The number of hydrogen-bond donors (Lipinski definition) is 1. The summed E-state index contributed by atoms with van der Waals surface area (Å²) in [5, 5.41) is 3.38. The molecule has 0 saturated carbocycles. The predicted octanol–water partition coefficient (Wildman–Crippen LogP) is 2.11. The summed E-state index contributed by atoms with van der Waals surface area (Å²) in [5.41, 5.74) is 0. The minimum Gasteiger partial charge on any atom is -0.378 e. The SMILES string of the molecule is C=CCCCOC1CCCNCC1. The second-order valence-corrected chi connectivity index (χ2v) is 3.60. The van der Waals surface area contributed by atoms with Gasteiger partial charge in [0, 0.05) is 6.61 Å². The Bertz CT molecular complexity index is 128. The summed E-state index contributed by atoms with van der Waals surface area (Å²) in [6, 6.07) is 0. The third kappa shape index (κ3) is 5.06. The lowest BCUT2D eigenvalue weighted by Crippen LogP contribution is -2.17. The predicted molar refractivity (Wildman–Crippen MR) is 55.9 cm³/mol. The Kier molecular flexibility index (Phi) is 5.87. The highest BCUT2D eigenvalue weighted by atomic mass is 16.5. The van der Waals surface area contributed by atoms with Crippen LogP contribution >= 0.6 is 0 Å². The van der Waals surface area contributed by atoms with E-state index in [0.29, 0.717) is 6.10 Å². The lowest BCUT2D eigenvalue weighted by atomic mass is 10.1. The van der Waals surface area contributed by atoms with Gasteiger partial charge in [0.25, 0.3) is 0 Å². The quantitative estimate of drug-likeness (QED) is 0.520. The van der Waals surface area contributed by atoms with Gasteiger partial charge in [0.05, 0.1) is 6.10 Å². The maximum Gasteiger partial charge on any atom is 0.0587 e. The number of rotatable bonds is 5. The molecule has 1 rings (SSSR count). The van der Waals surface area contributed by atoms with E-state index < -0.39 is 0 Å². The first kappa shape index (κ1) is 10.7. The zero-order valence-electron chi connectivity index (χ0n) is 8.43. The Balaban J connectivity index is 2.01.